The van der Waals surface area contributed by atoms with Crippen molar-refractivity contribution in [3.8, 4) is 6.07 Å². The fourth-order valence-electron chi connectivity index (χ4n) is 3.74. The second kappa shape index (κ2) is 13.3. The fourth-order valence-corrected chi connectivity index (χ4v) is 4.41. The van der Waals surface area contributed by atoms with Gasteiger partial charge in [0.2, 0.25) is 5.91 Å². The number of carbonyl (C=O) groups excluding carboxylic acids is 1. The predicted molar refractivity (Wildman–Crippen MR) is 147 cm³/mol. The van der Waals surface area contributed by atoms with E-state index in [4.69, 9.17) is 40.7 Å². The van der Waals surface area contributed by atoms with Crippen LogP contribution in [0, 0.1) is 11.3 Å². The standard InChI is InChI=1S/C26H28Cl2N6OS/c1-3-31-26(36)33(16-21-5-4-6-23(27)25(21)28)14-18(2)32-24(35)11-22-13-30-17-34(22)15-20-9-7-19(12-29)8-10-20/h4-10,13,17-18H,3,11,14-16H2,1-2H3,(H,31,36)(H,32,35)/t18-/m0/s1. The lowest BCUT2D eigenvalue weighted by Crippen LogP contribution is -2.47. The maximum absolute atomic E-state index is 12.8. The third kappa shape index (κ3) is 7.69. The van der Waals surface area contributed by atoms with E-state index in [1.165, 1.54) is 0 Å². The molecule has 1 aromatic heterocycles. The molecular formula is C26H28Cl2N6OS. The number of imidazole rings is 1. The Labute approximate surface area is 227 Å². The molecule has 7 nitrogen and oxygen atoms in total. The van der Waals surface area contributed by atoms with Gasteiger partial charge in [-0.05, 0) is 55.4 Å². The number of aromatic nitrogens is 2. The smallest absolute Gasteiger partial charge is 0.226 e. The molecule has 0 aliphatic rings. The van der Waals surface area contributed by atoms with E-state index in [1.807, 2.05) is 47.6 Å². The lowest BCUT2D eigenvalue weighted by Gasteiger charge is -2.29. The van der Waals surface area contributed by atoms with E-state index >= 15 is 0 Å². The number of halogens is 2. The number of nitrogens with one attached hydrogen (secondary N) is 2. The van der Waals surface area contributed by atoms with Crippen LogP contribution in [0.15, 0.2) is 55.0 Å². The molecule has 36 heavy (non-hydrogen) atoms. The summed E-state index contributed by atoms with van der Waals surface area (Å²) in [4.78, 5) is 19.0. The van der Waals surface area contributed by atoms with Crippen LogP contribution in [0.4, 0.5) is 0 Å². The Bertz CT molecular complexity index is 1240. The number of nitrogens with zero attached hydrogens (tertiary/aromatic N) is 4. The zero-order valence-electron chi connectivity index (χ0n) is 20.2. The summed E-state index contributed by atoms with van der Waals surface area (Å²) in [5.41, 5.74) is 3.29. The van der Waals surface area contributed by atoms with Gasteiger partial charge in [0.15, 0.2) is 5.11 Å². The van der Waals surface area contributed by atoms with Gasteiger partial charge in [0.1, 0.15) is 0 Å². The van der Waals surface area contributed by atoms with Gasteiger partial charge >= 0.3 is 0 Å². The Kier molecular flexibility index (Phi) is 10.1. The minimum Gasteiger partial charge on any atom is -0.363 e. The molecule has 1 atom stereocenters. The van der Waals surface area contributed by atoms with Gasteiger partial charge in [-0.15, -0.1) is 0 Å². The van der Waals surface area contributed by atoms with Crippen molar-refractivity contribution in [2.24, 2.45) is 0 Å². The van der Waals surface area contributed by atoms with Crippen molar-refractivity contribution < 1.29 is 4.79 Å². The molecule has 0 aliphatic carbocycles. The fraction of sp³-hybridized carbons (Fsp3) is 0.308. The molecule has 0 radical (unpaired) electrons. The van der Waals surface area contributed by atoms with E-state index in [2.05, 4.69) is 21.7 Å². The SMILES string of the molecule is CCNC(=S)N(Cc1cccc(Cl)c1Cl)C[C@H](C)NC(=O)Cc1cncn1Cc1ccc(C#N)cc1. The van der Waals surface area contributed by atoms with E-state index in [0.29, 0.717) is 46.9 Å². The number of carbonyl (C=O) groups is 1. The topological polar surface area (TPSA) is 86.0 Å². The lowest BCUT2D eigenvalue weighted by atomic mass is 10.1. The van der Waals surface area contributed by atoms with Crippen molar-refractivity contribution in [1.29, 1.82) is 5.26 Å². The molecule has 3 aromatic rings. The number of hydrogen-bond donors (Lipinski definition) is 2. The van der Waals surface area contributed by atoms with Gasteiger partial charge in [-0.2, -0.15) is 5.26 Å². The highest BCUT2D eigenvalue weighted by molar-refractivity contribution is 7.80. The van der Waals surface area contributed by atoms with E-state index < -0.39 is 0 Å². The van der Waals surface area contributed by atoms with Gasteiger partial charge in [0, 0.05) is 44.1 Å². The van der Waals surface area contributed by atoms with Crippen molar-refractivity contribution in [3.05, 3.63) is 87.4 Å². The van der Waals surface area contributed by atoms with Gasteiger partial charge in [-0.1, -0.05) is 47.5 Å². The minimum absolute atomic E-state index is 0.112. The molecular weight excluding hydrogens is 515 g/mol. The van der Waals surface area contributed by atoms with Crippen molar-refractivity contribution in [2.75, 3.05) is 13.1 Å². The Morgan fingerprint density at radius 2 is 2.00 bits per heavy atom. The molecule has 0 bridgehead atoms. The van der Waals surface area contributed by atoms with Crippen molar-refractivity contribution in [3.63, 3.8) is 0 Å². The number of hydrogen-bond acceptors (Lipinski definition) is 4. The highest BCUT2D eigenvalue weighted by Gasteiger charge is 2.18. The molecule has 0 fully saturated rings. The average Bonchev–Trinajstić information content (AvgIpc) is 3.28. The van der Waals surface area contributed by atoms with Gasteiger partial charge in [0.05, 0.1) is 34.4 Å². The largest absolute Gasteiger partial charge is 0.363 e. The quantitative estimate of drug-likeness (QED) is 0.365. The maximum Gasteiger partial charge on any atom is 0.226 e. The monoisotopic (exact) mass is 542 g/mol. The number of rotatable bonds is 10. The summed E-state index contributed by atoms with van der Waals surface area (Å²) in [6.07, 6.45) is 3.59. The van der Waals surface area contributed by atoms with Crippen LogP contribution in [0.5, 0.6) is 0 Å². The van der Waals surface area contributed by atoms with Gasteiger partial charge in [-0.3, -0.25) is 4.79 Å². The molecule has 2 N–H and O–H groups in total. The molecule has 10 heteroatoms. The van der Waals surface area contributed by atoms with Crippen LogP contribution in [-0.2, 0) is 24.3 Å². The number of nitriles is 1. The van der Waals surface area contributed by atoms with Gasteiger partial charge < -0.3 is 20.1 Å². The van der Waals surface area contributed by atoms with Crippen LogP contribution in [0.3, 0.4) is 0 Å². The number of thiocarbonyl (C=S) groups is 1. The summed E-state index contributed by atoms with van der Waals surface area (Å²) >= 11 is 18.1. The third-order valence-electron chi connectivity index (χ3n) is 5.49. The molecule has 0 unspecified atom stereocenters. The molecule has 0 saturated heterocycles. The summed E-state index contributed by atoms with van der Waals surface area (Å²) in [6, 6.07) is 14.8. The summed E-state index contributed by atoms with van der Waals surface area (Å²) in [6.45, 7) is 6.11. The highest BCUT2D eigenvalue weighted by Crippen LogP contribution is 2.26. The molecule has 0 saturated carbocycles. The zero-order valence-corrected chi connectivity index (χ0v) is 22.5. The third-order valence-corrected chi connectivity index (χ3v) is 6.75. The first-order valence-corrected chi connectivity index (χ1v) is 12.7. The molecule has 1 amide bonds. The van der Waals surface area contributed by atoms with Gasteiger partial charge in [0.25, 0.3) is 0 Å². The first-order chi connectivity index (χ1) is 17.3. The predicted octanol–water partition coefficient (Wildman–Crippen LogP) is 4.55. The number of benzene rings is 2. The second-order valence-electron chi connectivity index (χ2n) is 8.40. The Balaban J connectivity index is 1.61. The van der Waals surface area contributed by atoms with E-state index in [-0.39, 0.29) is 18.4 Å². The number of amides is 1. The van der Waals surface area contributed by atoms with E-state index in [9.17, 15) is 4.79 Å². The van der Waals surface area contributed by atoms with Crippen LogP contribution in [0.25, 0.3) is 0 Å². The van der Waals surface area contributed by atoms with Crippen LogP contribution in [-0.4, -0.2) is 44.6 Å². The first-order valence-electron chi connectivity index (χ1n) is 11.5. The first kappa shape index (κ1) is 27.5. The van der Waals surface area contributed by atoms with E-state index in [0.717, 1.165) is 16.8 Å². The molecule has 1 heterocycles. The Morgan fingerprint density at radius 3 is 2.69 bits per heavy atom. The summed E-state index contributed by atoms with van der Waals surface area (Å²) in [5.74, 6) is -0.112. The molecule has 0 aliphatic heterocycles. The molecule has 3 rings (SSSR count). The van der Waals surface area contributed by atoms with Crippen LogP contribution in [0.1, 0.15) is 36.2 Å². The molecule has 188 valence electrons. The summed E-state index contributed by atoms with van der Waals surface area (Å²) in [5, 5.41) is 16.8. The normalized spacial score (nSPS) is 11.4. The average molecular weight is 544 g/mol. The minimum atomic E-state index is -0.179. The maximum atomic E-state index is 12.8. The molecule has 0 spiro atoms. The van der Waals surface area contributed by atoms with Gasteiger partial charge in [-0.25, -0.2) is 4.98 Å². The second-order valence-corrected chi connectivity index (χ2v) is 9.57. The van der Waals surface area contributed by atoms with Crippen LogP contribution < -0.4 is 10.6 Å². The van der Waals surface area contributed by atoms with E-state index in [1.54, 1.807) is 30.7 Å². The summed E-state index contributed by atoms with van der Waals surface area (Å²) < 4.78 is 1.93. The van der Waals surface area contributed by atoms with Crippen molar-refractivity contribution >= 4 is 46.4 Å². The van der Waals surface area contributed by atoms with Crippen LogP contribution in [0.2, 0.25) is 10.0 Å². The summed E-state index contributed by atoms with van der Waals surface area (Å²) in [7, 11) is 0. The molecule has 2 aromatic carbocycles. The Hall–Kier alpha value is -3.12. The van der Waals surface area contributed by atoms with Crippen molar-refractivity contribution in [1.82, 2.24) is 25.1 Å². The zero-order chi connectivity index (χ0) is 26.1. The van der Waals surface area contributed by atoms with Crippen molar-refractivity contribution in [2.45, 2.75) is 39.4 Å². The highest BCUT2D eigenvalue weighted by atomic mass is 35.5. The lowest BCUT2D eigenvalue weighted by molar-refractivity contribution is -0.121. The Morgan fingerprint density at radius 1 is 1.25 bits per heavy atom. The van der Waals surface area contributed by atoms with Crippen LogP contribution >= 0.6 is 35.4 Å².